The number of hydrogen-bond donors (Lipinski definition) is 0. The maximum Gasteiger partial charge on any atom is 0.237 e. The minimum Gasteiger partial charge on any atom is -0.456 e. The van der Waals surface area contributed by atoms with Crippen LogP contribution >= 0.6 is 0 Å². The average molecular weight is 886 g/mol. The van der Waals surface area contributed by atoms with Gasteiger partial charge in [0.05, 0.1) is 34.3 Å². The van der Waals surface area contributed by atoms with Gasteiger partial charge in [-0.25, -0.2) is 9.97 Å². The van der Waals surface area contributed by atoms with Gasteiger partial charge in [0.15, 0.2) is 5.58 Å². The molecule has 0 saturated carbocycles. The monoisotopic (exact) mass is 885 g/mol. The van der Waals surface area contributed by atoms with Crippen molar-refractivity contribution in [3.63, 3.8) is 0 Å². The Morgan fingerprint density at radius 2 is 0.739 bits per heavy atom. The highest BCUT2D eigenvalue weighted by Crippen LogP contribution is 2.48. The standard InChI is InChI=1S/C61H35N5O3/c1-5-17-43-36(13-1)29-37-14-2-6-18-44(37)58(43)65(40-25-27-49-47-21-9-11-23-52(47)67-54(49)31-40)42-33-56-57(62-34-42)51-35-63-61(64-60(51)69-56)66(41-26-28-50-48-22-10-12-24-53(48)68-55(50)32-41)59-45-19-7-3-15-38(45)30-39-16-4-8-20-46(39)59/h1-35H. The molecule has 0 bridgehead atoms. The highest BCUT2D eigenvalue weighted by Gasteiger charge is 2.26. The lowest BCUT2D eigenvalue weighted by molar-refractivity contribution is 0.652. The molecular weight excluding hydrogens is 851 g/mol. The van der Waals surface area contributed by atoms with E-state index < -0.39 is 0 Å². The van der Waals surface area contributed by atoms with Crippen LogP contribution < -0.4 is 9.80 Å². The van der Waals surface area contributed by atoms with Gasteiger partial charge < -0.3 is 18.2 Å². The van der Waals surface area contributed by atoms with Crippen LogP contribution in [-0.2, 0) is 0 Å². The normalized spacial score (nSPS) is 12.1. The Kier molecular flexibility index (Phi) is 7.91. The predicted molar refractivity (Wildman–Crippen MR) is 281 cm³/mol. The molecule has 0 radical (unpaired) electrons. The van der Waals surface area contributed by atoms with Gasteiger partial charge in [-0.3, -0.25) is 4.90 Å². The number of rotatable bonds is 6. The summed E-state index contributed by atoms with van der Waals surface area (Å²) in [5.74, 6) is 0.446. The van der Waals surface area contributed by atoms with Crippen molar-refractivity contribution in [2.75, 3.05) is 9.80 Å². The van der Waals surface area contributed by atoms with E-state index in [0.29, 0.717) is 28.1 Å². The topological polar surface area (TPSA) is 84.6 Å². The molecule has 0 saturated heterocycles. The molecule has 0 N–H and O–H groups in total. The lowest BCUT2D eigenvalue weighted by Gasteiger charge is -2.28. The number of pyridine rings is 1. The second-order valence-corrected chi connectivity index (χ2v) is 17.6. The van der Waals surface area contributed by atoms with Crippen LogP contribution in [0.1, 0.15) is 0 Å². The van der Waals surface area contributed by atoms with Crippen LogP contribution in [0, 0.1) is 0 Å². The van der Waals surface area contributed by atoms with E-state index in [1.54, 1.807) is 0 Å². The summed E-state index contributed by atoms with van der Waals surface area (Å²) >= 11 is 0. The number of benzene rings is 10. The van der Waals surface area contributed by atoms with Crippen molar-refractivity contribution in [2.45, 2.75) is 0 Å². The fourth-order valence-electron chi connectivity index (χ4n) is 10.6. The molecule has 0 spiro atoms. The van der Waals surface area contributed by atoms with E-state index in [9.17, 15) is 0 Å². The van der Waals surface area contributed by atoms with E-state index in [2.05, 4.69) is 174 Å². The van der Waals surface area contributed by atoms with Gasteiger partial charge in [0.2, 0.25) is 11.7 Å². The largest absolute Gasteiger partial charge is 0.456 e. The molecule has 322 valence electrons. The summed E-state index contributed by atoms with van der Waals surface area (Å²) in [4.78, 5) is 20.0. The van der Waals surface area contributed by atoms with Crippen molar-refractivity contribution in [1.82, 2.24) is 15.0 Å². The molecule has 5 aromatic heterocycles. The Hall–Kier alpha value is -9.53. The number of aromatic nitrogens is 3. The number of anilines is 6. The van der Waals surface area contributed by atoms with E-state index in [1.807, 2.05) is 48.8 Å². The lowest BCUT2D eigenvalue weighted by Crippen LogP contribution is -2.14. The zero-order chi connectivity index (χ0) is 45.2. The Morgan fingerprint density at radius 1 is 0.304 bits per heavy atom. The highest BCUT2D eigenvalue weighted by molar-refractivity contribution is 6.17. The van der Waals surface area contributed by atoms with Gasteiger partial charge in [0, 0.05) is 73.2 Å². The van der Waals surface area contributed by atoms with Gasteiger partial charge in [-0.2, -0.15) is 4.98 Å². The molecule has 69 heavy (non-hydrogen) atoms. The van der Waals surface area contributed by atoms with Crippen molar-refractivity contribution >= 4 is 144 Å². The van der Waals surface area contributed by atoms with Crippen molar-refractivity contribution in [3.05, 3.63) is 213 Å². The van der Waals surface area contributed by atoms with Gasteiger partial charge in [-0.15, -0.1) is 0 Å². The van der Waals surface area contributed by atoms with Crippen molar-refractivity contribution in [2.24, 2.45) is 0 Å². The van der Waals surface area contributed by atoms with Gasteiger partial charge in [0.1, 0.15) is 27.8 Å². The third-order valence-electron chi connectivity index (χ3n) is 13.7. The first-order valence-corrected chi connectivity index (χ1v) is 23.0. The molecule has 0 unspecified atom stereocenters. The van der Waals surface area contributed by atoms with E-state index in [0.717, 1.165) is 115 Å². The van der Waals surface area contributed by atoms with Crippen LogP contribution in [0.2, 0.25) is 0 Å². The number of para-hydroxylation sites is 2. The van der Waals surface area contributed by atoms with E-state index in [4.69, 9.17) is 28.2 Å². The molecule has 5 heterocycles. The minimum atomic E-state index is 0.421. The molecule has 0 aliphatic heterocycles. The van der Waals surface area contributed by atoms with E-state index in [1.165, 1.54) is 0 Å². The lowest BCUT2D eigenvalue weighted by atomic mass is 9.99. The number of furan rings is 3. The summed E-state index contributed by atoms with van der Waals surface area (Å²) in [6.07, 6.45) is 3.75. The third-order valence-corrected chi connectivity index (χ3v) is 13.7. The molecule has 8 nitrogen and oxygen atoms in total. The summed E-state index contributed by atoms with van der Waals surface area (Å²) in [5.41, 5.74) is 9.48. The molecule has 10 aromatic carbocycles. The van der Waals surface area contributed by atoms with Gasteiger partial charge in [-0.1, -0.05) is 133 Å². The first kappa shape index (κ1) is 37.7. The summed E-state index contributed by atoms with van der Waals surface area (Å²) in [7, 11) is 0. The molecule has 15 aromatic rings. The smallest absolute Gasteiger partial charge is 0.237 e. The zero-order valence-corrected chi connectivity index (χ0v) is 36.7. The maximum atomic E-state index is 6.84. The fourth-order valence-corrected chi connectivity index (χ4v) is 10.6. The van der Waals surface area contributed by atoms with Gasteiger partial charge in [-0.05, 0) is 70.1 Å². The molecule has 0 fully saturated rings. The van der Waals surface area contributed by atoms with Crippen molar-refractivity contribution in [1.29, 1.82) is 0 Å². The Bertz CT molecular complexity index is 4210. The summed E-state index contributed by atoms with van der Waals surface area (Å²) in [6.45, 7) is 0. The van der Waals surface area contributed by atoms with Crippen LogP contribution in [0.15, 0.2) is 226 Å². The fraction of sp³-hybridized carbons (Fsp3) is 0. The predicted octanol–water partition coefficient (Wildman–Crippen LogP) is 17.1. The van der Waals surface area contributed by atoms with E-state index in [-0.39, 0.29) is 0 Å². The minimum absolute atomic E-state index is 0.421. The second kappa shape index (κ2) is 14.5. The number of nitrogens with zero attached hydrogens (tertiary/aromatic N) is 5. The molecule has 8 heteroatoms. The molecule has 0 amide bonds. The Morgan fingerprint density at radius 3 is 1.28 bits per heavy atom. The summed E-state index contributed by atoms with van der Waals surface area (Å²) in [6, 6.07) is 69.6. The van der Waals surface area contributed by atoms with Crippen LogP contribution in [0.5, 0.6) is 0 Å². The summed E-state index contributed by atoms with van der Waals surface area (Å²) in [5, 5.41) is 13.7. The molecule has 0 atom stereocenters. The van der Waals surface area contributed by atoms with Crippen LogP contribution in [-0.4, -0.2) is 15.0 Å². The average Bonchev–Trinajstić information content (AvgIpc) is 4.09. The van der Waals surface area contributed by atoms with Crippen LogP contribution in [0.3, 0.4) is 0 Å². The zero-order valence-electron chi connectivity index (χ0n) is 36.7. The number of hydrogen-bond acceptors (Lipinski definition) is 8. The third kappa shape index (κ3) is 5.72. The SMILES string of the molecule is c1ccc2c(N(c3ccc4c(c3)oc3ccccc34)c3cnc4c(c3)oc3nc(N(c5ccc6c(c5)oc5ccccc56)c5c6ccccc6cc6ccccc56)ncc34)c3ccccc3cc2c1. The second-order valence-electron chi connectivity index (χ2n) is 17.6. The van der Waals surface area contributed by atoms with Crippen molar-refractivity contribution < 1.29 is 13.3 Å². The number of fused-ring (bicyclic) bond motifs is 13. The van der Waals surface area contributed by atoms with E-state index >= 15 is 0 Å². The molecule has 0 aliphatic rings. The summed E-state index contributed by atoms with van der Waals surface area (Å²) < 4.78 is 19.8. The van der Waals surface area contributed by atoms with Crippen molar-refractivity contribution in [3.8, 4) is 0 Å². The Labute approximate surface area is 392 Å². The maximum absolute atomic E-state index is 6.84. The first-order valence-electron chi connectivity index (χ1n) is 23.0. The molecule has 15 rings (SSSR count). The molecule has 0 aliphatic carbocycles. The first-order chi connectivity index (χ1) is 34.2. The highest BCUT2D eigenvalue weighted by atomic mass is 16.3. The van der Waals surface area contributed by atoms with Gasteiger partial charge >= 0.3 is 0 Å². The van der Waals surface area contributed by atoms with Gasteiger partial charge in [0.25, 0.3) is 0 Å². The molecular formula is C61H35N5O3. The Balaban J connectivity index is 0.949. The quantitative estimate of drug-likeness (QED) is 0.153. The van der Waals surface area contributed by atoms with Crippen LogP contribution in [0.4, 0.5) is 34.4 Å². The van der Waals surface area contributed by atoms with Crippen LogP contribution in [0.25, 0.3) is 109 Å².